The molecule has 0 aliphatic carbocycles. The van der Waals surface area contributed by atoms with Crippen molar-refractivity contribution in [2.24, 2.45) is 4.99 Å². The number of benzene rings is 1. The molecule has 0 atom stereocenters. The molecule has 1 fully saturated rings. The number of aliphatic imine (C=N–C) groups is 1. The van der Waals surface area contributed by atoms with Gasteiger partial charge in [-0.2, -0.15) is 0 Å². The van der Waals surface area contributed by atoms with E-state index in [0.717, 1.165) is 6.54 Å². The summed E-state index contributed by atoms with van der Waals surface area (Å²) in [6.45, 7) is 3.34. The maximum absolute atomic E-state index is 4.72. The molecule has 1 saturated heterocycles. The van der Waals surface area contributed by atoms with Gasteiger partial charge in [0.1, 0.15) is 0 Å². The van der Waals surface area contributed by atoms with Crippen LogP contribution in [-0.2, 0) is 6.54 Å². The Balaban J connectivity index is 1.82. The van der Waals surface area contributed by atoms with Crippen molar-refractivity contribution in [2.75, 3.05) is 13.1 Å². The van der Waals surface area contributed by atoms with Crippen LogP contribution in [0.25, 0.3) is 0 Å². The SMILES string of the molecule is c1ccc2c(c1)CN=C(N1CCCC1)[Se]2. The summed E-state index contributed by atoms with van der Waals surface area (Å²) in [7, 11) is 0. The van der Waals surface area contributed by atoms with Gasteiger partial charge < -0.3 is 0 Å². The number of nitrogens with zero attached hydrogens (tertiary/aromatic N) is 2. The van der Waals surface area contributed by atoms with Crippen molar-refractivity contribution in [3.63, 3.8) is 0 Å². The van der Waals surface area contributed by atoms with E-state index in [1.54, 1.807) is 0 Å². The molecular formula is C12H14N2Se. The second-order valence-corrected chi connectivity index (χ2v) is 6.12. The first-order valence-corrected chi connectivity index (χ1v) is 7.20. The summed E-state index contributed by atoms with van der Waals surface area (Å²) >= 11 is 0.444. The van der Waals surface area contributed by atoms with Gasteiger partial charge in [-0.15, -0.1) is 0 Å². The van der Waals surface area contributed by atoms with Crippen LogP contribution in [0.3, 0.4) is 0 Å². The van der Waals surface area contributed by atoms with Crippen LogP contribution in [0.2, 0.25) is 0 Å². The Labute approximate surface area is 96.5 Å². The van der Waals surface area contributed by atoms with Crippen molar-refractivity contribution in [1.29, 1.82) is 0 Å². The van der Waals surface area contributed by atoms with Gasteiger partial charge in [-0.25, -0.2) is 0 Å². The fourth-order valence-electron chi connectivity index (χ4n) is 2.09. The van der Waals surface area contributed by atoms with E-state index >= 15 is 0 Å². The zero-order valence-corrected chi connectivity index (χ0v) is 10.4. The molecule has 0 spiro atoms. The van der Waals surface area contributed by atoms with Gasteiger partial charge in [-0.05, 0) is 0 Å². The minimum atomic E-state index is 0.444. The van der Waals surface area contributed by atoms with Gasteiger partial charge in [0, 0.05) is 0 Å². The summed E-state index contributed by atoms with van der Waals surface area (Å²) in [6, 6.07) is 8.74. The zero-order chi connectivity index (χ0) is 10.1. The fraction of sp³-hybridized carbons (Fsp3) is 0.417. The molecule has 15 heavy (non-hydrogen) atoms. The molecule has 0 N–H and O–H groups in total. The summed E-state index contributed by atoms with van der Waals surface area (Å²) in [5.41, 5.74) is 1.43. The second kappa shape index (κ2) is 3.99. The van der Waals surface area contributed by atoms with Gasteiger partial charge in [0.25, 0.3) is 0 Å². The molecule has 2 aliphatic heterocycles. The molecule has 0 amide bonds. The summed E-state index contributed by atoms with van der Waals surface area (Å²) in [5.74, 6) is 0. The molecule has 0 unspecified atom stereocenters. The van der Waals surface area contributed by atoms with Gasteiger partial charge in [0.15, 0.2) is 0 Å². The van der Waals surface area contributed by atoms with E-state index in [0.29, 0.717) is 15.0 Å². The molecule has 3 rings (SSSR count). The first-order chi connectivity index (χ1) is 7.43. The second-order valence-electron chi connectivity index (χ2n) is 4.00. The standard InChI is InChI=1S/C12H14N2Se/c1-2-6-11-10(5-1)9-13-12(15-11)14-7-3-4-8-14/h1-2,5-6H,3-4,7-9H2. The third-order valence-corrected chi connectivity index (χ3v) is 5.43. The first kappa shape index (κ1) is 9.44. The van der Waals surface area contributed by atoms with Crippen LogP contribution < -0.4 is 4.46 Å². The van der Waals surface area contributed by atoms with Crippen molar-refractivity contribution >= 4 is 24.2 Å². The average Bonchev–Trinajstić information content (AvgIpc) is 2.82. The van der Waals surface area contributed by atoms with E-state index in [1.165, 1.54) is 40.7 Å². The molecule has 0 bridgehead atoms. The first-order valence-electron chi connectivity index (χ1n) is 5.49. The maximum atomic E-state index is 4.72. The van der Waals surface area contributed by atoms with Crippen LogP contribution in [0, 0.1) is 0 Å². The van der Waals surface area contributed by atoms with E-state index in [9.17, 15) is 0 Å². The Bertz CT molecular complexity index is 394. The Morgan fingerprint density at radius 3 is 2.80 bits per heavy atom. The number of rotatable bonds is 0. The van der Waals surface area contributed by atoms with E-state index in [2.05, 4.69) is 29.2 Å². The topological polar surface area (TPSA) is 15.6 Å². The van der Waals surface area contributed by atoms with E-state index in [1.807, 2.05) is 0 Å². The summed E-state index contributed by atoms with van der Waals surface area (Å²) < 4.78 is 2.90. The van der Waals surface area contributed by atoms with Gasteiger partial charge >= 0.3 is 96.3 Å². The summed E-state index contributed by atoms with van der Waals surface area (Å²) in [4.78, 5) is 7.21. The van der Waals surface area contributed by atoms with Crippen LogP contribution in [0.1, 0.15) is 18.4 Å². The fourth-order valence-corrected chi connectivity index (χ4v) is 4.29. The molecular weight excluding hydrogens is 251 g/mol. The molecule has 78 valence electrons. The average molecular weight is 265 g/mol. The Morgan fingerprint density at radius 1 is 1.13 bits per heavy atom. The normalized spacial score (nSPS) is 20.0. The van der Waals surface area contributed by atoms with Crippen molar-refractivity contribution in [2.45, 2.75) is 19.4 Å². The van der Waals surface area contributed by atoms with Gasteiger partial charge in [-0.3, -0.25) is 0 Å². The van der Waals surface area contributed by atoms with Crippen LogP contribution in [-0.4, -0.2) is 37.7 Å². The molecule has 3 heteroatoms. The molecule has 2 heterocycles. The quantitative estimate of drug-likeness (QED) is 0.639. The van der Waals surface area contributed by atoms with Crippen molar-refractivity contribution < 1.29 is 0 Å². The van der Waals surface area contributed by atoms with Gasteiger partial charge in [0.05, 0.1) is 0 Å². The van der Waals surface area contributed by atoms with E-state index in [4.69, 9.17) is 4.99 Å². The monoisotopic (exact) mass is 266 g/mol. The number of fused-ring (bicyclic) bond motifs is 1. The van der Waals surface area contributed by atoms with Gasteiger partial charge in [0.2, 0.25) is 0 Å². The third-order valence-electron chi connectivity index (χ3n) is 2.94. The Kier molecular flexibility index (Phi) is 2.51. The molecule has 2 aliphatic rings. The summed E-state index contributed by atoms with van der Waals surface area (Å²) in [6.07, 6.45) is 2.69. The number of hydrogen-bond donors (Lipinski definition) is 0. The van der Waals surface area contributed by atoms with Crippen molar-refractivity contribution in [1.82, 2.24) is 4.90 Å². The molecule has 1 aromatic rings. The van der Waals surface area contributed by atoms with Crippen LogP contribution in [0.5, 0.6) is 0 Å². The van der Waals surface area contributed by atoms with E-state index in [-0.39, 0.29) is 0 Å². The Hall–Kier alpha value is -0.791. The Morgan fingerprint density at radius 2 is 1.93 bits per heavy atom. The van der Waals surface area contributed by atoms with Gasteiger partial charge in [-0.1, -0.05) is 0 Å². The zero-order valence-electron chi connectivity index (χ0n) is 8.65. The number of amidine groups is 1. The molecule has 2 nitrogen and oxygen atoms in total. The predicted octanol–water partition coefficient (Wildman–Crippen LogP) is 0.981. The number of likely N-dealkylation sites (tertiary alicyclic amines) is 1. The predicted molar refractivity (Wildman–Crippen MR) is 63.8 cm³/mol. The van der Waals surface area contributed by atoms with Crippen LogP contribution in [0.15, 0.2) is 29.3 Å². The molecule has 1 aromatic carbocycles. The van der Waals surface area contributed by atoms with E-state index < -0.39 is 0 Å². The molecule has 0 radical (unpaired) electrons. The van der Waals surface area contributed by atoms with Crippen LogP contribution >= 0.6 is 0 Å². The molecule has 0 saturated carbocycles. The van der Waals surface area contributed by atoms with Crippen LogP contribution in [0.4, 0.5) is 0 Å². The molecule has 0 aromatic heterocycles. The minimum absolute atomic E-state index is 0.444. The number of hydrogen-bond acceptors (Lipinski definition) is 2. The summed E-state index contributed by atoms with van der Waals surface area (Å²) in [5, 5.41) is 0. The third kappa shape index (κ3) is 1.82. The van der Waals surface area contributed by atoms with Crippen molar-refractivity contribution in [3.05, 3.63) is 29.8 Å². The van der Waals surface area contributed by atoms with Crippen molar-refractivity contribution in [3.8, 4) is 0 Å².